The summed E-state index contributed by atoms with van der Waals surface area (Å²) in [4.78, 5) is 28.1. The maximum atomic E-state index is 12.2. The molecule has 0 aliphatic carbocycles. The van der Waals surface area contributed by atoms with Crippen molar-refractivity contribution < 1.29 is 19.1 Å². The Kier molecular flexibility index (Phi) is 4.68. The summed E-state index contributed by atoms with van der Waals surface area (Å²) >= 11 is 1.65. The summed E-state index contributed by atoms with van der Waals surface area (Å²) < 4.78 is 10.9. The number of amides is 1. The van der Waals surface area contributed by atoms with Crippen molar-refractivity contribution in [1.82, 2.24) is 9.80 Å². The number of hydrogen-bond donors (Lipinski definition) is 0. The van der Waals surface area contributed by atoms with E-state index in [1.54, 1.807) is 23.6 Å². The molecule has 0 saturated carbocycles. The normalized spacial score (nSPS) is 24.5. The van der Waals surface area contributed by atoms with Gasteiger partial charge in [0.05, 0.1) is 41.3 Å². The number of fused-ring (bicyclic) bond motifs is 1. The smallest absolute Gasteiger partial charge is 0.336 e. The summed E-state index contributed by atoms with van der Waals surface area (Å²) in [5, 5.41) is 0.979. The van der Waals surface area contributed by atoms with Gasteiger partial charge < -0.3 is 19.3 Å². The van der Waals surface area contributed by atoms with E-state index in [4.69, 9.17) is 9.47 Å². The first-order chi connectivity index (χ1) is 11.0. The van der Waals surface area contributed by atoms with Gasteiger partial charge in [-0.15, -0.1) is 11.8 Å². The highest BCUT2D eigenvalue weighted by Gasteiger charge is 2.38. The Bertz CT molecular complexity index is 597. The molecule has 7 heteroatoms. The van der Waals surface area contributed by atoms with Gasteiger partial charge in [-0.1, -0.05) is 0 Å². The van der Waals surface area contributed by atoms with Crippen LogP contribution in [-0.2, 0) is 19.1 Å². The molecule has 1 amide bonds. The predicted octanol–water partition coefficient (Wildman–Crippen LogP) is 1.69. The van der Waals surface area contributed by atoms with Gasteiger partial charge in [-0.25, -0.2) is 4.79 Å². The quantitative estimate of drug-likeness (QED) is 0.714. The molecule has 2 saturated heterocycles. The average Bonchev–Trinajstić information content (AvgIpc) is 3.07. The van der Waals surface area contributed by atoms with Gasteiger partial charge in [0, 0.05) is 32.2 Å². The molecule has 6 nitrogen and oxygen atoms in total. The number of esters is 1. The van der Waals surface area contributed by atoms with Crippen LogP contribution in [0.1, 0.15) is 27.2 Å². The van der Waals surface area contributed by atoms with E-state index in [2.05, 4.69) is 4.90 Å². The minimum Gasteiger partial charge on any atom is -0.460 e. The Balaban J connectivity index is 1.88. The first-order valence-corrected chi connectivity index (χ1v) is 8.90. The molecule has 0 unspecified atom stereocenters. The minimum absolute atomic E-state index is 0.0388. The van der Waals surface area contributed by atoms with E-state index in [1.807, 2.05) is 13.8 Å². The number of ether oxygens (including phenoxy) is 2. The third-order valence-corrected chi connectivity index (χ3v) is 5.24. The van der Waals surface area contributed by atoms with E-state index in [1.165, 1.54) is 0 Å². The molecule has 0 N–H and O–H groups in total. The first-order valence-electron chi connectivity index (χ1n) is 7.91. The highest BCUT2D eigenvalue weighted by Crippen LogP contribution is 2.44. The second-order valence-corrected chi connectivity index (χ2v) is 7.01. The number of hydrogen-bond acceptors (Lipinski definition) is 6. The number of carbonyl (C=O) groups is 2. The van der Waals surface area contributed by atoms with Crippen LogP contribution in [0.25, 0.3) is 0 Å². The van der Waals surface area contributed by atoms with Crippen LogP contribution in [-0.4, -0.2) is 59.8 Å². The molecule has 3 aliphatic rings. The fraction of sp³-hybridized carbons (Fsp3) is 0.625. The summed E-state index contributed by atoms with van der Waals surface area (Å²) in [6.45, 7) is 7.66. The van der Waals surface area contributed by atoms with Gasteiger partial charge >= 0.3 is 5.97 Å². The minimum atomic E-state index is -0.223. The number of rotatable bonds is 2. The van der Waals surface area contributed by atoms with Crippen molar-refractivity contribution >= 4 is 23.6 Å². The van der Waals surface area contributed by atoms with Gasteiger partial charge in [0.25, 0.3) is 0 Å². The Labute approximate surface area is 140 Å². The number of nitrogens with zero attached hydrogens (tertiary/aromatic N) is 2. The predicted molar refractivity (Wildman–Crippen MR) is 87.3 cm³/mol. The molecular weight excluding hydrogens is 316 g/mol. The van der Waals surface area contributed by atoms with Crippen molar-refractivity contribution in [2.75, 3.05) is 32.1 Å². The van der Waals surface area contributed by atoms with Crippen molar-refractivity contribution in [2.24, 2.45) is 0 Å². The van der Waals surface area contributed by atoms with Crippen molar-refractivity contribution in [3.8, 4) is 0 Å². The number of thioether (sulfide) groups is 1. The second-order valence-electron chi connectivity index (χ2n) is 6.04. The monoisotopic (exact) mass is 338 g/mol. The van der Waals surface area contributed by atoms with Gasteiger partial charge in [0.1, 0.15) is 0 Å². The lowest BCUT2D eigenvalue weighted by atomic mass is 10.2. The van der Waals surface area contributed by atoms with Crippen molar-refractivity contribution in [3.63, 3.8) is 0 Å². The van der Waals surface area contributed by atoms with Crippen molar-refractivity contribution in [2.45, 2.75) is 33.3 Å². The highest BCUT2D eigenvalue weighted by molar-refractivity contribution is 8.03. The zero-order valence-corrected chi connectivity index (χ0v) is 14.6. The summed E-state index contributed by atoms with van der Waals surface area (Å²) in [5.41, 5.74) is 2.78. The molecule has 3 aliphatic heterocycles. The van der Waals surface area contributed by atoms with E-state index >= 15 is 0 Å². The molecule has 23 heavy (non-hydrogen) atoms. The third kappa shape index (κ3) is 3.12. The number of morpholine rings is 1. The lowest BCUT2D eigenvalue weighted by Gasteiger charge is -2.32. The summed E-state index contributed by atoms with van der Waals surface area (Å²) in [5.74, 6) is 0.576. The maximum absolute atomic E-state index is 12.2. The van der Waals surface area contributed by atoms with Crippen LogP contribution < -0.4 is 0 Å². The largest absolute Gasteiger partial charge is 0.460 e. The van der Waals surface area contributed by atoms with Crippen LogP contribution in [0.4, 0.5) is 0 Å². The van der Waals surface area contributed by atoms with Crippen molar-refractivity contribution in [1.29, 1.82) is 0 Å². The zero-order chi connectivity index (χ0) is 16.6. The third-order valence-electron chi connectivity index (χ3n) is 4.09. The molecule has 0 bridgehead atoms. The summed E-state index contributed by atoms with van der Waals surface area (Å²) in [7, 11) is 0. The van der Waals surface area contributed by atoms with E-state index in [-0.39, 0.29) is 18.0 Å². The molecule has 0 aromatic rings. The molecule has 0 atom stereocenters. The van der Waals surface area contributed by atoms with Gasteiger partial charge in [-0.05, 0) is 13.8 Å². The van der Waals surface area contributed by atoms with Gasteiger partial charge in [-0.3, -0.25) is 4.79 Å². The second kappa shape index (κ2) is 6.57. The maximum Gasteiger partial charge on any atom is 0.336 e. The summed E-state index contributed by atoms with van der Waals surface area (Å²) in [6, 6.07) is 0. The molecule has 0 aromatic carbocycles. The molecule has 0 radical (unpaired) electrons. The molecule has 2 fully saturated rings. The fourth-order valence-electron chi connectivity index (χ4n) is 3.07. The van der Waals surface area contributed by atoms with E-state index < -0.39 is 0 Å². The lowest BCUT2D eigenvalue weighted by molar-refractivity contribution is -0.142. The topological polar surface area (TPSA) is 59.1 Å². The van der Waals surface area contributed by atoms with Crippen LogP contribution in [0, 0.1) is 0 Å². The van der Waals surface area contributed by atoms with Crippen LogP contribution in [0.3, 0.4) is 0 Å². The first kappa shape index (κ1) is 16.4. The van der Waals surface area contributed by atoms with Crippen LogP contribution >= 0.6 is 11.8 Å². The summed E-state index contributed by atoms with van der Waals surface area (Å²) in [6.07, 6.45) is 0.569. The van der Waals surface area contributed by atoms with Crippen LogP contribution in [0.15, 0.2) is 22.0 Å². The van der Waals surface area contributed by atoms with Gasteiger partial charge in [0.15, 0.2) is 0 Å². The van der Waals surface area contributed by atoms with Crippen molar-refractivity contribution in [3.05, 3.63) is 22.0 Å². The van der Waals surface area contributed by atoms with Crippen LogP contribution in [0.5, 0.6) is 0 Å². The van der Waals surface area contributed by atoms with Gasteiger partial charge in [0.2, 0.25) is 5.91 Å². The zero-order valence-electron chi connectivity index (χ0n) is 13.8. The molecule has 3 rings (SSSR count). The standard InChI is InChI=1S/C16H22N2O4S/c1-10(2)22-16(20)12-4-5-18-14(9-23-15(12)18)13-8-21-7-6-17(13)11(3)19/h10H,4-9H2,1-3H3. The Morgan fingerprint density at radius 1 is 1.26 bits per heavy atom. The van der Waals surface area contributed by atoms with Gasteiger partial charge in [-0.2, -0.15) is 0 Å². The van der Waals surface area contributed by atoms with E-state index in [0.717, 1.165) is 34.3 Å². The molecule has 0 spiro atoms. The van der Waals surface area contributed by atoms with E-state index in [9.17, 15) is 9.59 Å². The van der Waals surface area contributed by atoms with E-state index in [0.29, 0.717) is 26.2 Å². The Hall–Kier alpha value is -1.47. The lowest BCUT2D eigenvalue weighted by Crippen LogP contribution is -2.40. The molecule has 3 heterocycles. The molecule has 126 valence electrons. The Morgan fingerprint density at radius 3 is 2.74 bits per heavy atom. The molecular formula is C16H22N2O4S. The fourth-order valence-corrected chi connectivity index (χ4v) is 4.38. The molecule has 0 aromatic heterocycles. The average molecular weight is 338 g/mol. The number of carbonyl (C=O) groups excluding carboxylic acids is 2. The van der Waals surface area contributed by atoms with Crippen LogP contribution in [0.2, 0.25) is 0 Å². The Morgan fingerprint density at radius 2 is 2.04 bits per heavy atom. The SMILES string of the molecule is CC(=O)N1CCOCC1=C1CSC2=C(C(=O)OC(C)C)CCN12. The highest BCUT2D eigenvalue weighted by atomic mass is 32.2.